The molecule has 0 radical (unpaired) electrons. The number of alkyl halides is 2. The highest BCUT2D eigenvalue weighted by atomic mass is 35.5. The molecule has 0 saturated carbocycles. The normalized spacial score (nSPS) is 11.6. The zero-order chi connectivity index (χ0) is 9.73. The first kappa shape index (κ1) is 10.8. The van der Waals surface area contributed by atoms with Crippen LogP contribution in [0, 0.1) is 0 Å². The Labute approximate surface area is 88.2 Å². The van der Waals surface area contributed by atoms with Crippen LogP contribution in [0.5, 0.6) is 0 Å². The largest absolute Gasteiger partial charge is 0.251 e. The third-order valence-electron chi connectivity index (χ3n) is 1.44. The maximum Gasteiger partial charge on any atom is 0.178 e. The Balaban J connectivity index is 2.29. The Morgan fingerprint density at radius 2 is 1.85 bits per heavy atom. The molecule has 1 rings (SSSR count). The average Bonchev–Trinajstić information content (AvgIpc) is 2.04. The van der Waals surface area contributed by atoms with Crippen LogP contribution in [-0.2, 0) is 6.54 Å². The number of nitrogens with one attached hydrogen (secondary N) is 2. The fourth-order valence-corrected chi connectivity index (χ4v) is 1.03. The second-order valence-corrected chi connectivity index (χ2v) is 4.56. The van der Waals surface area contributed by atoms with Crippen molar-refractivity contribution in [1.29, 1.82) is 0 Å². The van der Waals surface area contributed by atoms with Crippen molar-refractivity contribution in [3.8, 4) is 0 Å². The molecule has 0 aromatic heterocycles. The van der Waals surface area contributed by atoms with Crippen molar-refractivity contribution in [2.45, 2.75) is 17.9 Å². The Morgan fingerprint density at radius 1 is 1.23 bits per heavy atom. The van der Waals surface area contributed by atoms with Crippen LogP contribution >= 0.6 is 23.2 Å². The molecular weight excluding hydrogens is 207 g/mol. The second kappa shape index (κ2) is 4.82. The van der Waals surface area contributed by atoms with Crippen molar-refractivity contribution < 1.29 is 0 Å². The second-order valence-electron chi connectivity index (χ2n) is 2.85. The maximum absolute atomic E-state index is 5.69. The van der Waals surface area contributed by atoms with Crippen molar-refractivity contribution in [2.24, 2.45) is 0 Å². The molecule has 0 heterocycles. The number of halogens is 2. The number of hydrazine groups is 1. The molecule has 0 saturated heterocycles. The lowest BCUT2D eigenvalue weighted by Gasteiger charge is -2.16. The van der Waals surface area contributed by atoms with E-state index in [0.717, 1.165) is 0 Å². The molecule has 13 heavy (non-hydrogen) atoms. The standard InChI is InChI=1S/C9H12Cl2N2/c1-9(10,11)13-12-7-8-5-3-2-4-6-8/h2-6,12-13H,7H2,1H3. The molecular formula is C9H12Cl2N2. The van der Waals surface area contributed by atoms with E-state index in [1.165, 1.54) is 5.56 Å². The Morgan fingerprint density at radius 3 is 2.38 bits per heavy atom. The van der Waals surface area contributed by atoms with E-state index in [2.05, 4.69) is 10.9 Å². The van der Waals surface area contributed by atoms with Gasteiger partial charge in [0.1, 0.15) is 0 Å². The van der Waals surface area contributed by atoms with Gasteiger partial charge >= 0.3 is 0 Å². The smallest absolute Gasteiger partial charge is 0.178 e. The van der Waals surface area contributed by atoms with Gasteiger partial charge in [-0.1, -0.05) is 53.5 Å². The molecule has 0 fully saturated rings. The Hall–Kier alpha value is -0.280. The lowest BCUT2D eigenvalue weighted by atomic mass is 10.2. The first-order valence-corrected chi connectivity index (χ1v) is 4.75. The van der Waals surface area contributed by atoms with Gasteiger partial charge in [-0.15, -0.1) is 0 Å². The van der Waals surface area contributed by atoms with Crippen molar-refractivity contribution in [3.63, 3.8) is 0 Å². The van der Waals surface area contributed by atoms with Crippen LogP contribution in [0.1, 0.15) is 12.5 Å². The molecule has 0 unspecified atom stereocenters. The molecule has 2 N–H and O–H groups in total. The molecule has 0 atom stereocenters. The van der Waals surface area contributed by atoms with E-state index >= 15 is 0 Å². The summed E-state index contributed by atoms with van der Waals surface area (Å²) in [5, 5.41) is 0. The summed E-state index contributed by atoms with van der Waals surface area (Å²) >= 11 is 11.4. The van der Waals surface area contributed by atoms with Crippen LogP contribution in [0.3, 0.4) is 0 Å². The summed E-state index contributed by atoms with van der Waals surface area (Å²) in [6, 6.07) is 9.99. The average molecular weight is 219 g/mol. The van der Waals surface area contributed by atoms with E-state index in [-0.39, 0.29) is 0 Å². The van der Waals surface area contributed by atoms with Gasteiger partial charge in [-0.25, -0.2) is 5.43 Å². The minimum atomic E-state index is -0.936. The lowest BCUT2D eigenvalue weighted by molar-refractivity contribution is 0.494. The van der Waals surface area contributed by atoms with E-state index in [1.54, 1.807) is 6.92 Å². The quantitative estimate of drug-likeness (QED) is 0.461. The van der Waals surface area contributed by atoms with Crippen LogP contribution in [0.4, 0.5) is 0 Å². The summed E-state index contributed by atoms with van der Waals surface area (Å²) in [6.07, 6.45) is 0. The predicted molar refractivity (Wildman–Crippen MR) is 56.5 cm³/mol. The highest BCUT2D eigenvalue weighted by Crippen LogP contribution is 2.13. The summed E-state index contributed by atoms with van der Waals surface area (Å²) in [4.78, 5) is 0. The van der Waals surface area contributed by atoms with E-state index in [0.29, 0.717) is 6.54 Å². The van der Waals surface area contributed by atoms with Gasteiger partial charge in [-0.3, -0.25) is 5.43 Å². The summed E-state index contributed by atoms with van der Waals surface area (Å²) in [7, 11) is 0. The molecule has 1 aromatic carbocycles. The van der Waals surface area contributed by atoms with Gasteiger partial charge in [0.05, 0.1) is 0 Å². The maximum atomic E-state index is 5.69. The van der Waals surface area contributed by atoms with Gasteiger partial charge < -0.3 is 0 Å². The van der Waals surface area contributed by atoms with Gasteiger partial charge in [-0.05, 0) is 12.5 Å². The fourth-order valence-electron chi connectivity index (χ4n) is 0.897. The van der Waals surface area contributed by atoms with Crippen molar-refractivity contribution >= 4 is 23.2 Å². The van der Waals surface area contributed by atoms with Gasteiger partial charge in [0.15, 0.2) is 4.46 Å². The molecule has 4 heteroatoms. The van der Waals surface area contributed by atoms with Crippen LogP contribution in [0.15, 0.2) is 30.3 Å². The van der Waals surface area contributed by atoms with Gasteiger partial charge in [0.25, 0.3) is 0 Å². The number of hydrogen-bond acceptors (Lipinski definition) is 2. The van der Waals surface area contributed by atoms with Gasteiger partial charge in [0, 0.05) is 6.54 Å². The van der Waals surface area contributed by atoms with Gasteiger partial charge in [-0.2, -0.15) is 0 Å². The molecule has 0 aliphatic carbocycles. The number of benzene rings is 1. The van der Waals surface area contributed by atoms with Crippen LogP contribution in [-0.4, -0.2) is 4.46 Å². The monoisotopic (exact) mass is 218 g/mol. The molecule has 0 amide bonds. The Bertz CT molecular complexity index is 244. The van der Waals surface area contributed by atoms with E-state index in [4.69, 9.17) is 23.2 Å². The van der Waals surface area contributed by atoms with E-state index in [1.807, 2.05) is 30.3 Å². The highest BCUT2D eigenvalue weighted by molar-refractivity contribution is 6.47. The molecule has 0 spiro atoms. The lowest BCUT2D eigenvalue weighted by Crippen LogP contribution is -2.42. The molecule has 0 aliphatic rings. The molecule has 72 valence electrons. The van der Waals surface area contributed by atoms with Crippen molar-refractivity contribution in [1.82, 2.24) is 10.9 Å². The third-order valence-corrected chi connectivity index (χ3v) is 1.63. The van der Waals surface area contributed by atoms with E-state index < -0.39 is 4.46 Å². The zero-order valence-corrected chi connectivity index (χ0v) is 8.86. The molecule has 1 aromatic rings. The first-order chi connectivity index (χ1) is 6.08. The van der Waals surface area contributed by atoms with Gasteiger partial charge in [0.2, 0.25) is 0 Å². The van der Waals surface area contributed by atoms with Crippen LogP contribution in [0.2, 0.25) is 0 Å². The summed E-state index contributed by atoms with van der Waals surface area (Å²) in [5.41, 5.74) is 6.85. The van der Waals surface area contributed by atoms with Crippen molar-refractivity contribution in [2.75, 3.05) is 0 Å². The zero-order valence-electron chi connectivity index (χ0n) is 7.35. The van der Waals surface area contributed by atoms with E-state index in [9.17, 15) is 0 Å². The SMILES string of the molecule is CC(Cl)(Cl)NNCc1ccccc1. The summed E-state index contributed by atoms with van der Waals surface area (Å²) in [6.45, 7) is 2.35. The molecule has 2 nitrogen and oxygen atoms in total. The highest BCUT2D eigenvalue weighted by Gasteiger charge is 2.13. The minimum Gasteiger partial charge on any atom is -0.251 e. The number of rotatable bonds is 4. The first-order valence-electron chi connectivity index (χ1n) is 4.00. The molecule has 0 bridgehead atoms. The fraction of sp³-hybridized carbons (Fsp3) is 0.333. The van der Waals surface area contributed by atoms with Crippen LogP contribution in [0.25, 0.3) is 0 Å². The third kappa shape index (κ3) is 5.11. The minimum absolute atomic E-state index is 0.690. The van der Waals surface area contributed by atoms with Crippen molar-refractivity contribution in [3.05, 3.63) is 35.9 Å². The topological polar surface area (TPSA) is 24.1 Å². The predicted octanol–water partition coefficient (Wildman–Crippen LogP) is 2.43. The molecule has 0 aliphatic heterocycles. The summed E-state index contributed by atoms with van der Waals surface area (Å²) in [5.74, 6) is 0. The summed E-state index contributed by atoms with van der Waals surface area (Å²) < 4.78 is -0.936. The van der Waals surface area contributed by atoms with Crippen LogP contribution < -0.4 is 10.9 Å². The number of hydrogen-bond donors (Lipinski definition) is 2. The Kier molecular flexibility index (Phi) is 4.00.